The largest absolute Gasteiger partial charge is 0.481 e. The van der Waals surface area contributed by atoms with Crippen molar-refractivity contribution in [1.82, 2.24) is 25.3 Å². The topological polar surface area (TPSA) is 102 Å². The highest BCUT2D eigenvalue weighted by molar-refractivity contribution is 7.17. The number of nitrogens with one attached hydrogen (secondary N) is 2. The maximum Gasteiger partial charge on any atom is 0.271 e. The fourth-order valence-electron chi connectivity index (χ4n) is 2.92. The van der Waals surface area contributed by atoms with Crippen LogP contribution in [0.25, 0.3) is 10.2 Å². The van der Waals surface area contributed by atoms with Crippen molar-refractivity contribution in [2.75, 3.05) is 12.4 Å². The fraction of sp³-hybridized carbons (Fsp3) is 0.190. The highest BCUT2D eigenvalue weighted by atomic mass is 32.1. The smallest absolute Gasteiger partial charge is 0.271 e. The fourth-order valence-corrected chi connectivity index (χ4v) is 3.73. The number of ether oxygens (including phenoxy) is 1. The van der Waals surface area contributed by atoms with Crippen LogP contribution < -0.4 is 15.4 Å². The quantitative estimate of drug-likeness (QED) is 0.471. The molecule has 0 saturated carbocycles. The second kappa shape index (κ2) is 8.83. The molecule has 0 saturated heterocycles. The highest BCUT2D eigenvalue weighted by Gasteiger charge is 2.17. The summed E-state index contributed by atoms with van der Waals surface area (Å²) in [6.45, 7) is 2.26. The van der Waals surface area contributed by atoms with Gasteiger partial charge in [-0.3, -0.25) is 9.78 Å². The maximum atomic E-state index is 12.9. The molecule has 30 heavy (non-hydrogen) atoms. The van der Waals surface area contributed by atoms with Crippen molar-refractivity contribution in [3.05, 3.63) is 71.1 Å². The van der Waals surface area contributed by atoms with Crippen LogP contribution in [0.15, 0.2) is 54.2 Å². The molecule has 1 amide bonds. The van der Waals surface area contributed by atoms with Gasteiger partial charge in [0.05, 0.1) is 35.6 Å². The van der Waals surface area contributed by atoms with E-state index in [1.54, 1.807) is 25.6 Å². The van der Waals surface area contributed by atoms with Gasteiger partial charge in [-0.1, -0.05) is 12.1 Å². The Kier molecular flexibility index (Phi) is 5.80. The van der Waals surface area contributed by atoms with E-state index in [4.69, 9.17) is 4.74 Å². The van der Waals surface area contributed by atoms with E-state index in [0.29, 0.717) is 23.2 Å². The van der Waals surface area contributed by atoms with Crippen LogP contribution in [0.3, 0.4) is 0 Å². The van der Waals surface area contributed by atoms with E-state index in [9.17, 15) is 4.79 Å². The highest BCUT2D eigenvalue weighted by Crippen LogP contribution is 2.25. The monoisotopic (exact) mass is 420 g/mol. The molecule has 4 aromatic heterocycles. The summed E-state index contributed by atoms with van der Waals surface area (Å²) in [5, 5.41) is 8.04. The zero-order valence-electron chi connectivity index (χ0n) is 16.5. The Hall–Kier alpha value is -3.59. The number of amides is 1. The lowest BCUT2D eigenvalue weighted by Crippen LogP contribution is -2.25. The lowest BCUT2D eigenvalue weighted by atomic mass is 10.1. The number of rotatable bonds is 7. The lowest BCUT2D eigenvalue weighted by molar-refractivity contribution is 0.0947. The predicted octanol–water partition coefficient (Wildman–Crippen LogP) is 3.59. The molecular weight excluding hydrogens is 400 g/mol. The van der Waals surface area contributed by atoms with Gasteiger partial charge >= 0.3 is 0 Å². The molecule has 0 spiro atoms. The minimum Gasteiger partial charge on any atom is -0.481 e. The molecule has 4 rings (SSSR count). The van der Waals surface area contributed by atoms with Crippen LogP contribution in [-0.2, 0) is 6.54 Å². The number of hydrogen-bond acceptors (Lipinski definition) is 8. The summed E-state index contributed by atoms with van der Waals surface area (Å²) in [5.41, 5.74) is 2.75. The van der Waals surface area contributed by atoms with Gasteiger partial charge in [0.15, 0.2) is 5.69 Å². The molecule has 0 aliphatic rings. The number of pyridine rings is 2. The average Bonchev–Trinajstić information content (AvgIpc) is 3.26. The van der Waals surface area contributed by atoms with Gasteiger partial charge in [-0.2, -0.15) is 0 Å². The van der Waals surface area contributed by atoms with Crippen molar-refractivity contribution in [3.63, 3.8) is 0 Å². The van der Waals surface area contributed by atoms with Crippen molar-refractivity contribution in [1.29, 1.82) is 0 Å². The molecule has 1 atom stereocenters. The number of hydrogen-bond donors (Lipinski definition) is 2. The molecule has 8 nitrogen and oxygen atoms in total. The van der Waals surface area contributed by atoms with E-state index in [2.05, 4.69) is 30.6 Å². The van der Waals surface area contributed by atoms with E-state index in [1.807, 2.05) is 42.6 Å². The van der Waals surface area contributed by atoms with Crippen molar-refractivity contribution < 1.29 is 9.53 Å². The third kappa shape index (κ3) is 4.36. The van der Waals surface area contributed by atoms with Crippen LogP contribution in [0, 0.1) is 0 Å². The zero-order valence-corrected chi connectivity index (χ0v) is 17.3. The number of aromatic nitrogens is 4. The van der Waals surface area contributed by atoms with Crippen LogP contribution in [0.1, 0.15) is 34.7 Å². The van der Waals surface area contributed by atoms with Crippen molar-refractivity contribution in [3.8, 4) is 5.88 Å². The molecule has 4 aromatic rings. The van der Waals surface area contributed by atoms with Gasteiger partial charge in [-0.05, 0) is 36.1 Å². The molecule has 0 unspecified atom stereocenters. The molecule has 0 aliphatic heterocycles. The van der Waals surface area contributed by atoms with Gasteiger partial charge in [-0.15, -0.1) is 11.3 Å². The molecule has 0 bridgehead atoms. The molecule has 2 N–H and O–H groups in total. The summed E-state index contributed by atoms with van der Waals surface area (Å²) in [5.74, 6) is 0.605. The Morgan fingerprint density at radius 3 is 2.87 bits per heavy atom. The summed E-state index contributed by atoms with van der Waals surface area (Å²) in [6.07, 6.45) is 3.51. The van der Waals surface area contributed by atoms with Crippen LogP contribution in [0.2, 0.25) is 0 Å². The number of nitrogens with zero attached hydrogens (tertiary/aromatic N) is 4. The second-order valence-corrected chi connectivity index (χ2v) is 7.45. The van der Waals surface area contributed by atoms with Gasteiger partial charge in [-0.25, -0.2) is 15.0 Å². The molecule has 0 aromatic carbocycles. The molecule has 0 fully saturated rings. The Balaban J connectivity index is 1.55. The molecule has 4 heterocycles. The first-order valence-electron chi connectivity index (χ1n) is 9.34. The summed E-state index contributed by atoms with van der Waals surface area (Å²) in [4.78, 5) is 30.4. The summed E-state index contributed by atoms with van der Waals surface area (Å²) >= 11 is 1.43. The van der Waals surface area contributed by atoms with Crippen molar-refractivity contribution in [2.45, 2.75) is 19.5 Å². The van der Waals surface area contributed by atoms with Crippen LogP contribution >= 0.6 is 11.3 Å². The number of carbonyl (C=O) groups excluding carboxylic acids is 1. The number of anilines is 1. The van der Waals surface area contributed by atoms with Crippen LogP contribution in [-0.4, -0.2) is 33.0 Å². The average molecular weight is 420 g/mol. The van der Waals surface area contributed by atoms with E-state index < -0.39 is 0 Å². The minimum absolute atomic E-state index is 0.0633. The SMILES string of the molecule is COc1cccc(CNC(=O)c2nc(N[C@@H](C)c3cccnc3)nc3ccsc23)n1. The first-order valence-corrected chi connectivity index (χ1v) is 10.2. The van der Waals surface area contributed by atoms with Gasteiger partial charge in [0.1, 0.15) is 0 Å². The normalized spacial score (nSPS) is 11.8. The van der Waals surface area contributed by atoms with Gasteiger partial charge in [0.25, 0.3) is 5.91 Å². The van der Waals surface area contributed by atoms with Crippen molar-refractivity contribution >= 4 is 33.4 Å². The van der Waals surface area contributed by atoms with E-state index in [0.717, 1.165) is 15.8 Å². The third-order valence-corrected chi connectivity index (χ3v) is 5.38. The zero-order chi connectivity index (χ0) is 20.9. The standard InChI is InChI=1S/C21H20N6O2S/c1-13(14-5-4-9-22-11-14)24-21-26-16-8-10-30-19(16)18(27-21)20(28)23-12-15-6-3-7-17(25-15)29-2/h3-11,13H,12H2,1-2H3,(H,23,28)(H,24,26,27)/t13-/m0/s1. The van der Waals surface area contributed by atoms with E-state index in [1.165, 1.54) is 11.3 Å². The second-order valence-electron chi connectivity index (χ2n) is 6.54. The Bertz CT molecular complexity index is 1160. The third-order valence-electron chi connectivity index (χ3n) is 4.47. The first kappa shape index (κ1) is 19.7. The summed E-state index contributed by atoms with van der Waals surface area (Å²) in [7, 11) is 1.56. The van der Waals surface area contributed by atoms with Crippen LogP contribution in [0.5, 0.6) is 5.88 Å². The van der Waals surface area contributed by atoms with Crippen LogP contribution in [0.4, 0.5) is 5.95 Å². The van der Waals surface area contributed by atoms with Crippen molar-refractivity contribution in [2.24, 2.45) is 0 Å². The number of carbonyl (C=O) groups is 1. The lowest BCUT2D eigenvalue weighted by Gasteiger charge is -2.14. The molecule has 0 radical (unpaired) electrons. The summed E-state index contributed by atoms with van der Waals surface area (Å²) in [6, 6.07) is 11.1. The van der Waals surface area contributed by atoms with Gasteiger partial charge < -0.3 is 15.4 Å². The van der Waals surface area contributed by atoms with E-state index in [-0.39, 0.29) is 18.5 Å². The first-order chi connectivity index (χ1) is 14.6. The Labute approximate surface area is 177 Å². The Morgan fingerprint density at radius 1 is 1.17 bits per heavy atom. The number of thiophene rings is 1. The predicted molar refractivity (Wildman–Crippen MR) is 116 cm³/mol. The molecule has 152 valence electrons. The maximum absolute atomic E-state index is 12.9. The Morgan fingerprint density at radius 2 is 2.07 bits per heavy atom. The number of methoxy groups -OCH3 is 1. The molecule has 0 aliphatic carbocycles. The van der Waals surface area contributed by atoms with E-state index >= 15 is 0 Å². The molecule has 9 heteroatoms. The van der Waals surface area contributed by atoms with Gasteiger partial charge in [0.2, 0.25) is 11.8 Å². The number of fused-ring (bicyclic) bond motifs is 1. The van der Waals surface area contributed by atoms with Gasteiger partial charge in [0, 0.05) is 18.5 Å². The summed E-state index contributed by atoms with van der Waals surface area (Å²) < 4.78 is 5.87. The molecular formula is C21H20N6O2S. The minimum atomic E-state index is -0.286.